The van der Waals surface area contributed by atoms with Crippen molar-refractivity contribution in [2.24, 2.45) is 0 Å². The Balaban J connectivity index is 2.57. The number of aryl methyl sites for hydroxylation is 1. The average Bonchev–Trinajstić information content (AvgIpc) is 2.17. The minimum absolute atomic E-state index is 0.0482. The predicted molar refractivity (Wildman–Crippen MR) is 55.0 cm³/mol. The van der Waals surface area contributed by atoms with Crippen molar-refractivity contribution in [3.05, 3.63) is 34.3 Å². The zero-order valence-corrected chi connectivity index (χ0v) is 9.30. The first-order valence-corrected chi connectivity index (χ1v) is 5.07. The number of alkyl halides is 2. The van der Waals surface area contributed by atoms with Crippen molar-refractivity contribution in [1.29, 1.82) is 0 Å². The SMILES string of the molecule is O=C(O)C(F)(F)CCc1ccc(Br)cc1. The summed E-state index contributed by atoms with van der Waals surface area (Å²) >= 11 is 3.22. The van der Waals surface area contributed by atoms with E-state index in [2.05, 4.69) is 15.9 Å². The van der Waals surface area contributed by atoms with Gasteiger partial charge in [-0.2, -0.15) is 8.78 Å². The van der Waals surface area contributed by atoms with Gasteiger partial charge in [-0.25, -0.2) is 4.79 Å². The van der Waals surface area contributed by atoms with Crippen LogP contribution < -0.4 is 0 Å². The van der Waals surface area contributed by atoms with Crippen LogP contribution in [0.25, 0.3) is 0 Å². The maximum atomic E-state index is 12.7. The van der Waals surface area contributed by atoms with Crippen LogP contribution in [0.3, 0.4) is 0 Å². The van der Waals surface area contributed by atoms with Gasteiger partial charge in [-0.15, -0.1) is 0 Å². The molecule has 0 atom stereocenters. The first kappa shape index (κ1) is 12.1. The van der Waals surface area contributed by atoms with E-state index in [1.165, 1.54) is 0 Å². The smallest absolute Gasteiger partial charge is 0.374 e. The lowest BCUT2D eigenvalue weighted by Gasteiger charge is -2.10. The van der Waals surface area contributed by atoms with Crippen LogP contribution in [0, 0.1) is 0 Å². The van der Waals surface area contributed by atoms with Crippen LogP contribution in [0.1, 0.15) is 12.0 Å². The summed E-state index contributed by atoms with van der Waals surface area (Å²) in [5.74, 6) is -5.72. The standard InChI is InChI=1S/C10H9BrF2O2/c11-8-3-1-7(2-4-8)5-6-10(12,13)9(14)15/h1-4H,5-6H2,(H,14,15). The Morgan fingerprint density at radius 2 is 1.87 bits per heavy atom. The third kappa shape index (κ3) is 3.58. The molecule has 0 amide bonds. The Morgan fingerprint density at radius 3 is 2.33 bits per heavy atom. The summed E-state index contributed by atoms with van der Waals surface area (Å²) in [4.78, 5) is 10.1. The van der Waals surface area contributed by atoms with E-state index in [-0.39, 0.29) is 6.42 Å². The summed E-state index contributed by atoms with van der Waals surface area (Å²) in [6.07, 6.45) is -0.628. The van der Waals surface area contributed by atoms with Gasteiger partial charge in [0, 0.05) is 10.9 Å². The van der Waals surface area contributed by atoms with Gasteiger partial charge in [0.1, 0.15) is 0 Å². The largest absolute Gasteiger partial charge is 0.477 e. The van der Waals surface area contributed by atoms with E-state index in [9.17, 15) is 13.6 Å². The summed E-state index contributed by atoms with van der Waals surface area (Å²) in [6, 6.07) is 6.83. The van der Waals surface area contributed by atoms with Crippen molar-refractivity contribution in [3.8, 4) is 0 Å². The third-order valence-corrected chi connectivity index (χ3v) is 2.48. The Bertz CT molecular complexity index is 349. The molecule has 1 N–H and O–H groups in total. The third-order valence-electron chi connectivity index (χ3n) is 1.95. The van der Waals surface area contributed by atoms with Gasteiger partial charge < -0.3 is 5.11 Å². The Labute approximate surface area is 94.0 Å². The fraction of sp³-hybridized carbons (Fsp3) is 0.300. The topological polar surface area (TPSA) is 37.3 Å². The summed E-state index contributed by atoms with van der Waals surface area (Å²) in [5, 5.41) is 8.21. The second-order valence-electron chi connectivity index (χ2n) is 3.14. The van der Waals surface area contributed by atoms with Crippen LogP contribution in [0.15, 0.2) is 28.7 Å². The number of carboxylic acid groups (broad SMARTS) is 1. The molecular weight excluding hydrogens is 270 g/mol. The van der Waals surface area contributed by atoms with E-state index in [1.807, 2.05) is 0 Å². The minimum atomic E-state index is -3.65. The molecule has 0 aliphatic rings. The zero-order valence-electron chi connectivity index (χ0n) is 7.71. The molecule has 0 aromatic heterocycles. The molecule has 0 radical (unpaired) electrons. The second kappa shape index (κ2) is 4.70. The molecule has 0 aliphatic heterocycles. The highest BCUT2D eigenvalue weighted by molar-refractivity contribution is 9.10. The number of hydrogen-bond donors (Lipinski definition) is 1. The molecule has 0 unspecified atom stereocenters. The Kier molecular flexibility index (Phi) is 3.79. The highest BCUT2D eigenvalue weighted by atomic mass is 79.9. The number of hydrogen-bond acceptors (Lipinski definition) is 1. The van der Waals surface area contributed by atoms with Gasteiger partial charge in [-0.3, -0.25) is 0 Å². The molecule has 0 heterocycles. The van der Waals surface area contributed by atoms with Gasteiger partial charge in [0.2, 0.25) is 0 Å². The molecule has 0 fully saturated rings. The quantitative estimate of drug-likeness (QED) is 0.919. The number of aliphatic carboxylic acids is 1. The van der Waals surface area contributed by atoms with Crippen LogP contribution in [-0.2, 0) is 11.2 Å². The second-order valence-corrected chi connectivity index (χ2v) is 4.05. The first-order chi connectivity index (χ1) is 6.92. The lowest BCUT2D eigenvalue weighted by molar-refractivity contribution is -0.165. The highest BCUT2D eigenvalue weighted by Gasteiger charge is 2.37. The molecule has 0 spiro atoms. The van der Waals surface area contributed by atoms with E-state index in [0.29, 0.717) is 5.56 Å². The molecular formula is C10H9BrF2O2. The molecule has 2 nitrogen and oxygen atoms in total. The van der Waals surface area contributed by atoms with Gasteiger partial charge in [0.05, 0.1) is 0 Å². The molecule has 0 saturated carbocycles. The highest BCUT2D eigenvalue weighted by Crippen LogP contribution is 2.21. The van der Waals surface area contributed by atoms with Gasteiger partial charge in [0.15, 0.2) is 0 Å². The van der Waals surface area contributed by atoms with Crippen LogP contribution >= 0.6 is 15.9 Å². The average molecular weight is 279 g/mol. The summed E-state index contributed by atoms with van der Waals surface area (Å²) in [5.41, 5.74) is 0.694. The molecule has 1 rings (SSSR count). The van der Waals surface area contributed by atoms with E-state index in [1.54, 1.807) is 24.3 Å². The van der Waals surface area contributed by atoms with Crippen molar-refractivity contribution >= 4 is 21.9 Å². The van der Waals surface area contributed by atoms with Crippen LogP contribution in [0.2, 0.25) is 0 Å². The Morgan fingerprint density at radius 1 is 1.33 bits per heavy atom. The van der Waals surface area contributed by atoms with Crippen molar-refractivity contribution in [1.82, 2.24) is 0 Å². The molecule has 0 saturated heterocycles. The van der Waals surface area contributed by atoms with Crippen LogP contribution in [-0.4, -0.2) is 17.0 Å². The van der Waals surface area contributed by atoms with Crippen molar-refractivity contribution in [2.45, 2.75) is 18.8 Å². The van der Waals surface area contributed by atoms with E-state index >= 15 is 0 Å². The lowest BCUT2D eigenvalue weighted by atomic mass is 10.1. The molecule has 0 aliphatic carbocycles. The summed E-state index contributed by atoms with van der Waals surface area (Å²) in [6.45, 7) is 0. The van der Waals surface area contributed by atoms with E-state index in [4.69, 9.17) is 5.11 Å². The maximum absolute atomic E-state index is 12.7. The predicted octanol–water partition coefficient (Wildman–Crippen LogP) is 3.10. The Hall–Kier alpha value is -0.970. The number of benzene rings is 1. The van der Waals surface area contributed by atoms with Gasteiger partial charge in [-0.05, 0) is 24.1 Å². The first-order valence-electron chi connectivity index (χ1n) is 4.27. The van der Waals surface area contributed by atoms with Crippen molar-refractivity contribution in [2.75, 3.05) is 0 Å². The van der Waals surface area contributed by atoms with Crippen molar-refractivity contribution in [3.63, 3.8) is 0 Å². The normalized spacial score (nSPS) is 11.4. The molecule has 5 heteroatoms. The molecule has 0 bridgehead atoms. The zero-order chi connectivity index (χ0) is 11.5. The molecule has 1 aromatic rings. The van der Waals surface area contributed by atoms with Crippen molar-refractivity contribution < 1.29 is 18.7 Å². The molecule has 1 aromatic carbocycles. The minimum Gasteiger partial charge on any atom is -0.477 e. The molecule has 82 valence electrons. The molecule has 15 heavy (non-hydrogen) atoms. The summed E-state index contributed by atoms with van der Waals surface area (Å²) in [7, 11) is 0. The lowest BCUT2D eigenvalue weighted by Crippen LogP contribution is -2.28. The number of rotatable bonds is 4. The maximum Gasteiger partial charge on any atom is 0.374 e. The van der Waals surface area contributed by atoms with Gasteiger partial charge >= 0.3 is 11.9 Å². The van der Waals surface area contributed by atoms with Gasteiger partial charge in [-0.1, -0.05) is 28.1 Å². The van der Waals surface area contributed by atoms with Crippen LogP contribution in [0.5, 0.6) is 0 Å². The number of carbonyl (C=O) groups is 1. The summed E-state index contributed by atoms with van der Waals surface area (Å²) < 4.78 is 26.3. The fourth-order valence-corrected chi connectivity index (χ4v) is 1.32. The monoisotopic (exact) mass is 278 g/mol. The number of carboxylic acids is 1. The number of halogens is 3. The van der Waals surface area contributed by atoms with Gasteiger partial charge in [0.25, 0.3) is 0 Å². The fourth-order valence-electron chi connectivity index (χ4n) is 1.06. The van der Waals surface area contributed by atoms with E-state index in [0.717, 1.165) is 4.47 Å². The van der Waals surface area contributed by atoms with E-state index < -0.39 is 18.3 Å². The van der Waals surface area contributed by atoms with Crippen LogP contribution in [0.4, 0.5) is 8.78 Å².